The highest BCUT2D eigenvalue weighted by Gasteiger charge is 2.56. The second-order valence-electron chi connectivity index (χ2n) is 26.0. The predicted octanol–water partition coefficient (Wildman–Crippen LogP) is 19.6. The van der Waals surface area contributed by atoms with Crippen molar-refractivity contribution < 1.29 is 46.5 Å². The van der Waals surface area contributed by atoms with Crippen LogP contribution in [0.4, 0.5) is 10.2 Å². The van der Waals surface area contributed by atoms with E-state index in [2.05, 4.69) is 33.2 Å². The number of carbonyl (C=O) groups is 1. The average Bonchev–Trinajstić information content (AvgIpc) is 1.33. The number of rotatable bonds is 42. The minimum Gasteiger partial charge on any atom is -0.497 e. The molecule has 526 valence electrons. The van der Waals surface area contributed by atoms with Crippen molar-refractivity contribution in [2.45, 2.75) is 184 Å². The molecular weight excluding hydrogens is 1270 g/mol. The maximum Gasteiger partial charge on any atom is 0.459 e. The molecule has 3 heterocycles. The molecule has 0 saturated carbocycles. The van der Waals surface area contributed by atoms with Crippen molar-refractivity contribution in [1.29, 1.82) is 0 Å². The second-order valence-corrected chi connectivity index (χ2v) is 27.7. The fourth-order valence-electron chi connectivity index (χ4n) is 13.6. The lowest BCUT2D eigenvalue weighted by atomic mass is 9.77. The summed E-state index contributed by atoms with van der Waals surface area (Å²) in [4.78, 5) is 27.7. The molecule has 1 aliphatic heterocycles. The van der Waals surface area contributed by atoms with Gasteiger partial charge in [-0.2, -0.15) is 19.4 Å². The van der Waals surface area contributed by atoms with Crippen LogP contribution in [0, 0.1) is 18.4 Å². The lowest BCUT2D eigenvalue weighted by Crippen LogP contribution is -2.49. The Labute approximate surface area is 590 Å². The van der Waals surface area contributed by atoms with Crippen molar-refractivity contribution in [3.05, 3.63) is 246 Å². The minimum atomic E-state index is -4.64. The van der Waals surface area contributed by atoms with E-state index in [9.17, 15) is 4.79 Å². The number of nitrogens with zero attached hydrogens (tertiary/aromatic N) is 4. The first-order valence-electron chi connectivity index (χ1n) is 35.9. The fraction of sp³-hybridized carbons (Fsp3) is 0.398. The summed E-state index contributed by atoms with van der Waals surface area (Å²) in [5.74, 6) is 3.82. The van der Waals surface area contributed by atoms with Gasteiger partial charge in [0.15, 0.2) is 22.6 Å². The van der Waals surface area contributed by atoms with Gasteiger partial charge in [0.05, 0.1) is 27.2 Å². The molecule has 0 radical (unpaired) electrons. The Hall–Kier alpha value is -8.68. The standard InChI is InChI=1S/C83H98FN6O9P/c1-6-8-9-10-11-12-13-14-15-16-17-18-19-20-21-22-23-24-25-41-60-95-79(91)64(3)89-100(92,99-73-50-39-30-40-51-73)96-62-81(7-2)74(97-83(68-46-35-28-36-47-68,69-48-37-29-38-49-69)70-54-58-72(94-5)59-55-70)61-75(98-81)90-63-85-76-77(86-80(84)87-78(76)90)88-82(65-42-31-26-32-43-65,66-44-33-27-34-45-66)67-52-56-71(93-4)57-53-67/h2,26-40,42-59,63-64,74-75H,6,8-25,41,60-62H2,1,3-5H3,(H,89,92)(H,86,87,88)/t64-,74-,75+,81+,100?/m0/s1. The summed E-state index contributed by atoms with van der Waals surface area (Å²) >= 11 is 0. The molecule has 10 rings (SSSR count). The third-order valence-electron chi connectivity index (χ3n) is 19.0. The zero-order chi connectivity index (χ0) is 69.9. The molecule has 17 heteroatoms. The number of hydrogen-bond acceptors (Lipinski definition) is 13. The Kier molecular flexibility index (Phi) is 27.5. The zero-order valence-corrected chi connectivity index (χ0v) is 59.4. The average molecular weight is 1370 g/mol. The van der Waals surface area contributed by atoms with Crippen LogP contribution in [0.25, 0.3) is 11.2 Å². The van der Waals surface area contributed by atoms with Crippen molar-refractivity contribution in [3.63, 3.8) is 0 Å². The fourth-order valence-corrected chi connectivity index (χ4v) is 15.1. The number of methoxy groups -OCH3 is 2. The zero-order valence-electron chi connectivity index (χ0n) is 58.5. The van der Waals surface area contributed by atoms with Crippen LogP contribution < -0.4 is 24.4 Å². The maximum absolute atomic E-state index is 16.8. The number of ether oxygens (including phenoxy) is 5. The van der Waals surface area contributed by atoms with E-state index in [1.165, 1.54) is 109 Å². The van der Waals surface area contributed by atoms with Gasteiger partial charge in [0.2, 0.25) is 0 Å². The van der Waals surface area contributed by atoms with Crippen LogP contribution in [0.15, 0.2) is 207 Å². The number of anilines is 1. The summed E-state index contributed by atoms with van der Waals surface area (Å²) in [5, 5.41) is 6.58. The molecule has 1 fully saturated rings. The molecule has 7 aromatic carbocycles. The van der Waals surface area contributed by atoms with Gasteiger partial charge in [-0.25, -0.2) is 9.55 Å². The maximum atomic E-state index is 16.8. The first kappa shape index (κ1) is 74.0. The summed E-state index contributed by atoms with van der Waals surface area (Å²) < 4.78 is 79.0. The highest BCUT2D eigenvalue weighted by Crippen LogP contribution is 2.52. The Morgan fingerprint density at radius 2 is 1.04 bits per heavy atom. The molecule has 1 saturated heterocycles. The van der Waals surface area contributed by atoms with Crippen molar-refractivity contribution in [2.24, 2.45) is 0 Å². The van der Waals surface area contributed by atoms with Gasteiger partial charge >= 0.3 is 19.8 Å². The molecule has 2 N–H and O–H groups in total. The lowest BCUT2D eigenvalue weighted by Gasteiger charge is -2.41. The van der Waals surface area contributed by atoms with Crippen LogP contribution in [0.3, 0.4) is 0 Å². The van der Waals surface area contributed by atoms with Gasteiger partial charge in [-0.05, 0) is 83.1 Å². The third-order valence-corrected chi connectivity index (χ3v) is 20.6. The van der Waals surface area contributed by atoms with E-state index in [0.717, 1.165) is 47.1 Å². The molecule has 5 atom stereocenters. The van der Waals surface area contributed by atoms with Crippen LogP contribution in [0.5, 0.6) is 17.2 Å². The lowest BCUT2D eigenvalue weighted by molar-refractivity contribution is -0.145. The van der Waals surface area contributed by atoms with Crippen molar-refractivity contribution >= 4 is 30.7 Å². The normalized spacial score (nSPS) is 16.3. The molecular formula is C83H98FN6O9P. The molecule has 9 aromatic rings. The molecule has 0 bridgehead atoms. The van der Waals surface area contributed by atoms with Gasteiger partial charge in [0, 0.05) is 6.42 Å². The Bertz CT molecular complexity index is 3920. The number of para-hydroxylation sites is 1. The number of hydrogen-bond donors (Lipinski definition) is 2. The van der Waals surface area contributed by atoms with Gasteiger partial charge in [0.1, 0.15) is 53.4 Å². The molecule has 1 aliphatic rings. The molecule has 1 unspecified atom stereocenters. The monoisotopic (exact) mass is 1370 g/mol. The van der Waals surface area contributed by atoms with Crippen LogP contribution in [-0.4, -0.2) is 70.7 Å². The van der Waals surface area contributed by atoms with E-state index in [1.807, 2.05) is 170 Å². The summed E-state index contributed by atoms with van der Waals surface area (Å²) in [6, 6.07) is 61.7. The summed E-state index contributed by atoms with van der Waals surface area (Å²) in [7, 11) is -1.42. The van der Waals surface area contributed by atoms with Crippen molar-refractivity contribution in [2.75, 3.05) is 32.8 Å². The predicted molar refractivity (Wildman–Crippen MR) is 394 cm³/mol. The number of imidazole rings is 1. The molecule has 15 nitrogen and oxygen atoms in total. The molecule has 0 aliphatic carbocycles. The summed E-state index contributed by atoms with van der Waals surface area (Å²) in [6.07, 6.45) is 30.3. The van der Waals surface area contributed by atoms with E-state index in [1.54, 1.807) is 56.0 Å². The molecule has 0 amide bonds. The van der Waals surface area contributed by atoms with Gasteiger partial charge in [-0.1, -0.05) is 299 Å². The van der Waals surface area contributed by atoms with Gasteiger partial charge in [-0.15, -0.1) is 6.42 Å². The number of halogens is 1. The van der Waals surface area contributed by atoms with Gasteiger partial charge in [0.25, 0.3) is 0 Å². The minimum absolute atomic E-state index is 0.0334. The first-order valence-corrected chi connectivity index (χ1v) is 37.5. The quantitative estimate of drug-likeness (QED) is 0.00926. The highest BCUT2D eigenvalue weighted by atomic mass is 31.2. The van der Waals surface area contributed by atoms with Crippen molar-refractivity contribution in [3.8, 4) is 29.6 Å². The number of nitrogens with one attached hydrogen (secondary N) is 2. The number of aromatic nitrogens is 4. The topological polar surface area (TPSA) is 166 Å². The number of benzene rings is 7. The number of unbranched alkanes of at least 4 members (excludes halogenated alkanes) is 19. The molecule has 100 heavy (non-hydrogen) atoms. The van der Waals surface area contributed by atoms with Crippen molar-refractivity contribution in [1.82, 2.24) is 24.6 Å². The van der Waals surface area contributed by atoms with E-state index in [0.29, 0.717) is 23.5 Å². The number of esters is 1. The summed E-state index contributed by atoms with van der Waals surface area (Å²) in [5.41, 5.74) is 0.314. The molecule has 0 spiro atoms. The van der Waals surface area contributed by atoms with Crippen LogP contribution >= 0.6 is 7.75 Å². The third kappa shape index (κ3) is 18.8. The molecule has 2 aromatic heterocycles. The van der Waals surface area contributed by atoms with E-state index in [-0.39, 0.29) is 35.8 Å². The Morgan fingerprint density at radius 1 is 0.610 bits per heavy atom. The second kappa shape index (κ2) is 37.1. The van der Waals surface area contributed by atoms with Crippen LogP contribution in [0.1, 0.15) is 188 Å². The van der Waals surface area contributed by atoms with Gasteiger partial charge < -0.3 is 33.5 Å². The Balaban J connectivity index is 0.904. The summed E-state index contributed by atoms with van der Waals surface area (Å²) in [6.45, 7) is 3.39. The number of terminal acetylenes is 1. The smallest absolute Gasteiger partial charge is 0.459 e. The van der Waals surface area contributed by atoms with Crippen LogP contribution in [-0.2, 0) is 39.2 Å². The Morgan fingerprint density at radius 3 is 1.51 bits per heavy atom. The van der Waals surface area contributed by atoms with E-state index >= 15 is 8.96 Å². The largest absolute Gasteiger partial charge is 0.497 e. The number of carbonyl (C=O) groups excluding carboxylic acids is 1. The highest BCUT2D eigenvalue weighted by molar-refractivity contribution is 7.52. The number of fused-ring (bicyclic) bond motifs is 1. The van der Waals surface area contributed by atoms with E-state index < -0.39 is 61.5 Å². The van der Waals surface area contributed by atoms with E-state index in [4.69, 9.17) is 44.1 Å². The van der Waals surface area contributed by atoms with Crippen LogP contribution in [0.2, 0.25) is 0 Å². The van der Waals surface area contributed by atoms with Gasteiger partial charge in [-0.3, -0.25) is 13.9 Å². The SMILES string of the molecule is C#C[C@]1(COP(=O)(N[C@@H](C)C(=O)OCCCCCCCCCCCCCCCCCCCCCC)Oc2ccccc2)O[C@@H](n2cnc3c(NC(c4ccccc4)(c4ccccc4)c4ccc(OC)cc4)nc(F)nc32)C[C@@H]1OC(c1ccccc1)(c1ccccc1)c1ccc(OC)cc1. The first-order chi connectivity index (χ1) is 49.0.